The standard InChI is InChI=1S/C26H25N3O5/c1-33-20-8-6-15-11-17(5-4-16(15)13-20)21-3-2-10-34-24(21)23(25(27)30)29-22-9-7-18(26(31)32)12-19(22)14-28-29/h4-9,11-14,21,23-24H,2-3,10H2,1H3,(H2,27,30)(H,31,32). The van der Waals surface area contributed by atoms with E-state index in [1.54, 1.807) is 24.1 Å². The molecular formula is C26H25N3O5. The second kappa shape index (κ2) is 8.79. The fourth-order valence-corrected chi connectivity index (χ4v) is 4.90. The number of carbonyl (C=O) groups is 2. The summed E-state index contributed by atoms with van der Waals surface area (Å²) >= 11 is 0. The summed E-state index contributed by atoms with van der Waals surface area (Å²) in [7, 11) is 1.64. The van der Waals surface area contributed by atoms with Crippen LogP contribution in [-0.4, -0.2) is 46.6 Å². The van der Waals surface area contributed by atoms with Crippen molar-refractivity contribution in [2.24, 2.45) is 5.73 Å². The maximum Gasteiger partial charge on any atom is 0.335 e. The average molecular weight is 460 g/mol. The third-order valence-corrected chi connectivity index (χ3v) is 6.57. The minimum atomic E-state index is -1.02. The maximum absolute atomic E-state index is 12.7. The Labute approximate surface area is 195 Å². The summed E-state index contributed by atoms with van der Waals surface area (Å²) in [6.45, 7) is 0.526. The van der Waals surface area contributed by atoms with Crippen LogP contribution in [-0.2, 0) is 9.53 Å². The molecule has 1 amide bonds. The summed E-state index contributed by atoms with van der Waals surface area (Å²) in [5.41, 5.74) is 7.76. The number of nitrogens with two attached hydrogens (primary N) is 1. The van der Waals surface area contributed by atoms with Gasteiger partial charge in [-0.05, 0) is 59.5 Å². The van der Waals surface area contributed by atoms with Gasteiger partial charge in [0.2, 0.25) is 5.91 Å². The van der Waals surface area contributed by atoms with Gasteiger partial charge in [-0.2, -0.15) is 5.10 Å². The van der Waals surface area contributed by atoms with E-state index in [4.69, 9.17) is 15.2 Å². The molecule has 3 unspecified atom stereocenters. The van der Waals surface area contributed by atoms with Gasteiger partial charge < -0.3 is 20.3 Å². The molecule has 0 saturated carbocycles. The third-order valence-electron chi connectivity index (χ3n) is 6.57. The summed E-state index contributed by atoms with van der Waals surface area (Å²) in [4.78, 5) is 24.1. The Bertz CT molecular complexity index is 1400. The van der Waals surface area contributed by atoms with E-state index < -0.39 is 24.0 Å². The Morgan fingerprint density at radius 3 is 2.68 bits per heavy atom. The van der Waals surface area contributed by atoms with Crippen molar-refractivity contribution in [3.05, 3.63) is 71.9 Å². The molecule has 0 radical (unpaired) electrons. The number of benzene rings is 3. The number of hydrogen-bond acceptors (Lipinski definition) is 5. The molecule has 4 aromatic rings. The van der Waals surface area contributed by atoms with Crippen LogP contribution >= 0.6 is 0 Å². The van der Waals surface area contributed by atoms with Gasteiger partial charge in [0.25, 0.3) is 0 Å². The van der Waals surface area contributed by atoms with Crippen LogP contribution in [0.15, 0.2) is 60.8 Å². The van der Waals surface area contributed by atoms with Crippen LogP contribution < -0.4 is 10.5 Å². The number of aromatic nitrogens is 2. The SMILES string of the molecule is COc1ccc2cc(C3CCCOC3C(C(N)=O)n3ncc4cc(C(=O)O)ccc43)ccc2c1. The van der Waals surface area contributed by atoms with Crippen molar-refractivity contribution in [1.82, 2.24) is 9.78 Å². The molecule has 5 rings (SSSR count). The number of nitrogens with zero attached hydrogens (tertiary/aromatic N) is 2. The normalized spacial score (nSPS) is 19.2. The topological polar surface area (TPSA) is 117 Å². The molecule has 0 spiro atoms. The molecule has 174 valence electrons. The van der Waals surface area contributed by atoms with E-state index in [0.29, 0.717) is 17.5 Å². The first-order chi connectivity index (χ1) is 16.5. The zero-order valence-electron chi connectivity index (χ0n) is 18.7. The Morgan fingerprint density at radius 2 is 1.91 bits per heavy atom. The lowest BCUT2D eigenvalue weighted by Crippen LogP contribution is -2.43. The van der Waals surface area contributed by atoms with E-state index in [9.17, 15) is 14.7 Å². The number of primary amides is 1. The minimum absolute atomic E-state index is 0.0599. The molecule has 0 bridgehead atoms. The number of amides is 1. The predicted molar refractivity (Wildman–Crippen MR) is 127 cm³/mol. The first kappa shape index (κ1) is 21.9. The molecule has 1 aliphatic heterocycles. The number of rotatable bonds is 6. The van der Waals surface area contributed by atoms with E-state index in [0.717, 1.165) is 34.9 Å². The van der Waals surface area contributed by atoms with Crippen LogP contribution in [0.5, 0.6) is 5.75 Å². The highest BCUT2D eigenvalue weighted by atomic mass is 16.5. The summed E-state index contributed by atoms with van der Waals surface area (Å²) in [5, 5.41) is 16.5. The first-order valence-corrected chi connectivity index (χ1v) is 11.2. The number of fused-ring (bicyclic) bond motifs is 2. The van der Waals surface area contributed by atoms with Gasteiger partial charge in [-0.15, -0.1) is 0 Å². The van der Waals surface area contributed by atoms with Crippen LogP contribution in [0.25, 0.3) is 21.7 Å². The summed E-state index contributed by atoms with van der Waals surface area (Å²) in [6.07, 6.45) is 2.76. The smallest absolute Gasteiger partial charge is 0.335 e. The monoisotopic (exact) mass is 459 g/mol. The van der Waals surface area contributed by atoms with Crippen molar-refractivity contribution < 1.29 is 24.2 Å². The Kier molecular flexibility index (Phi) is 5.67. The molecule has 1 saturated heterocycles. The van der Waals surface area contributed by atoms with E-state index in [1.165, 1.54) is 12.1 Å². The van der Waals surface area contributed by atoms with Crippen LogP contribution in [0.3, 0.4) is 0 Å². The van der Waals surface area contributed by atoms with Gasteiger partial charge in [-0.3, -0.25) is 4.79 Å². The number of carboxylic acids is 1. The highest BCUT2D eigenvalue weighted by Gasteiger charge is 2.39. The highest BCUT2D eigenvalue weighted by molar-refractivity contribution is 5.94. The van der Waals surface area contributed by atoms with E-state index in [2.05, 4.69) is 23.3 Å². The van der Waals surface area contributed by atoms with Gasteiger partial charge in [0.05, 0.1) is 30.5 Å². The van der Waals surface area contributed by atoms with Gasteiger partial charge in [0, 0.05) is 17.9 Å². The molecule has 34 heavy (non-hydrogen) atoms. The fraction of sp³-hybridized carbons (Fsp3) is 0.269. The van der Waals surface area contributed by atoms with Crippen molar-refractivity contribution in [3.63, 3.8) is 0 Å². The molecule has 8 heteroatoms. The highest BCUT2D eigenvalue weighted by Crippen LogP contribution is 2.39. The Hall–Kier alpha value is -3.91. The first-order valence-electron chi connectivity index (χ1n) is 11.2. The molecule has 1 aromatic heterocycles. The molecular weight excluding hydrogens is 434 g/mol. The van der Waals surface area contributed by atoms with Crippen molar-refractivity contribution >= 4 is 33.6 Å². The van der Waals surface area contributed by atoms with E-state index in [1.807, 2.05) is 18.2 Å². The van der Waals surface area contributed by atoms with Crippen molar-refractivity contribution in [1.29, 1.82) is 0 Å². The van der Waals surface area contributed by atoms with Gasteiger partial charge in [-0.25, -0.2) is 9.48 Å². The summed E-state index contributed by atoms with van der Waals surface area (Å²) < 4.78 is 13.1. The largest absolute Gasteiger partial charge is 0.497 e. The average Bonchev–Trinajstić information content (AvgIpc) is 3.26. The lowest BCUT2D eigenvalue weighted by Gasteiger charge is -2.36. The Morgan fingerprint density at radius 1 is 1.12 bits per heavy atom. The van der Waals surface area contributed by atoms with E-state index >= 15 is 0 Å². The van der Waals surface area contributed by atoms with Crippen LogP contribution in [0.1, 0.15) is 40.7 Å². The second-order valence-corrected chi connectivity index (χ2v) is 8.57. The number of carbonyl (C=O) groups excluding carboxylic acids is 1. The molecule has 3 aromatic carbocycles. The molecule has 0 aliphatic carbocycles. The molecule has 2 heterocycles. The van der Waals surface area contributed by atoms with Gasteiger partial charge >= 0.3 is 5.97 Å². The zero-order valence-corrected chi connectivity index (χ0v) is 18.7. The molecule has 8 nitrogen and oxygen atoms in total. The maximum atomic E-state index is 12.7. The summed E-state index contributed by atoms with van der Waals surface area (Å²) in [6, 6.07) is 16.0. The van der Waals surface area contributed by atoms with Crippen LogP contribution in [0.4, 0.5) is 0 Å². The van der Waals surface area contributed by atoms with Crippen LogP contribution in [0.2, 0.25) is 0 Å². The number of hydrogen-bond donors (Lipinski definition) is 2. The van der Waals surface area contributed by atoms with Crippen molar-refractivity contribution in [2.45, 2.75) is 30.9 Å². The van der Waals surface area contributed by atoms with Crippen molar-refractivity contribution in [2.75, 3.05) is 13.7 Å². The van der Waals surface area contributed by atoms with Gasteiger partial charge in [0.1, 0.15) is 5.75 Å². The van der Waals surface area contributed by atoms with Crippen molar-refractivity contribution in [3.8, 4) is 5.75 Å². The lowest BCUT2D eigenvalue weighted by atomic mass is 9.83. The van der Waals surface area contributed by atoms with E-state index in [-0.39, 0.29) is 11.5 Å². The quantitative estimate of drug-likeness (QED) is 0.452. The fourth-order valence-electron chi connectivity index (χ4n) is 4.90. The molecule has 3 atom stereocenters. The van der Waals surface area contributed by atoms with Gasteiger partial charge in [0.15, 0.2) is 6.04 Å². The number of methoxy groups -OCH3 is 1. The second-order valence-electron chi connectivity index (χ2n) is 8.57. The number of ether oxygens (including phenoxy) is 2. The zero-order chi connectivity index (χ0) is 23.8. The molecule has 1 aliphatic rings. The lowest BCUT2D eigenvalue weighted by molar-refractivity contribution is -0.129. The number of aromatic carboxylic acids is 1. The van der Waals surface area contributed by atoms with Crippen LogP contribution in [0, 0.1) is 0 Å². The molecule has 1 fully saturated rings. The third kappa shape index (κ3) is 3.86. The Balaban J connectivity index is 1.55. The van der Waals surface area contributed by atoms with Gasteiger partial charge in [-0.1, -0.05) is 24.3 Å². The minimum Gasteiger partial charge on any atom is -0.497 e. The summed E-state index contributed by atoms with van der Waals surface area (Å²) in [5.74, 6) is -0.833. The number of carboxylic acid groups (broad SMARTS) is 1. The molecule has 3 N–H and O–H groups in total. The predicted octanol–water partition coefficient (Wildman–Crippen LogP) is 3.89.